The van der Waals surface area contributed by atoms with Crippen LogP contribution in [0.4, 0.5) is 0 Å². The lowest BCUT2D eigenvalue weighted by Gasteiger charge is -2.23. The number of esters is 4. The van der Waals surface area contributed by atoms with E-state index >= 15 is 0 Å². The van der Waals surface area contributed by atoms with Crippen molar-refractivity contribution in [2.45, 2.75) is 13.8 Å². The number of rotatable bonds is 5. The molecule has 1 aliphatic rings. The van der Waals surface area contributed by atoms with Crippen LogP contribution in [0.3, 0.4) is 0 Å². The van der Waals surface area contributed by atoms with E-state index in [9.17, 15) is 19.2 Å². The van der Waals surface area contributed by atoms with Crippen LogP contribution in [0.2, 0.25) is 0 Å². The Hall–Kier alpha value is -2.38. The predicted molar refractivity (Wildman–Crippen MR) is 75.9 cm³/mol. The van der Waals surface area contributed by atoms with Gasteiger partial charge in [-0.2, -0.15) is 0 Å². The van der Waals surface area contributed by atoms with Crippen molar-refractivity contribution >= 4 is 23.9 Å². The summed E-state index contributed by atoms with van der Waals surface area (Å²) in [4.78, 5) is 47.6. The standard InChI is InChI=1S/C15H20O8/c1-14(10(16)20-3,11(17)21-4)7-6-9-8-23-13(19)15(9,2)12(18)22-5/h6-7,9H,8H2,1-5H3/b7-6+/t9-,15-/m0/s1. The molecule has 2 atom stereocenters. The molecule has 8 heteroatoms. The highest BCUT2D eigenvalue weighted by molar-refractivity contribution is 6.03. The molecule has 0 spiro atoms. The molecule has 1 aliphatic heterocycles. The summed E-state index contributed by atoms with van der Waals surface area (Å²) in [7, 11) is 3.43. The molecule has 0 amide bonds. The minimum atomic E-state index is -1.70. The number of cyclic esters (lactones) is 1. The van der Waals surface area contributed by atoms with E-state index in [0.29, 0.717) is 0 Å². The number of hydrogen-bond acceptors (Lipinski definition) is 8. The van der Waals surface area contributed by atoms with Gasteiger partial charge in [0.2, 0.25) is 0 Å². The SMILES string of the molecule is COC(=O)C(C)(/C=C/[C@H]1COC(=O)[C@]1(C)C(=O)OC)C(=O)OC. The normalized spacial score (nSPS) is 24.2. The molecular weight excluding hydrogens is 308 g/mol. The molecule has 8 nitrogen and oxygen atoms in total. The van der Waals surface area contributed by atoms with E-state index in [2.05, 4.69) is 14.2 Å². The summed E-state index contributed by atoms with van der Waals surface area (Å²) in [6.45, 7) is 2.63. The monoisotopic (exact) mass is 328 g/mol. The molecule has 0 aliphatic carbocycles. The van der Waals surface area contributed by atoms with E-state index < -0.39 is 40.6 Å². The van der Waals surface area contributed by atoms with Crippen LogP contribution < -0.4 is 0 Å². The topological polar surface area (TPSA) is 105 Å². The lowest BCUT2D eigenvalue weighted by Crippen LogP contribution is -2.40. The van der Waals surface area contributed by atoms with Gasteiger partial charge in [-0.25, -0.2) is 0 Å². The molecule has 0 aromatic rings. The van der Waals surface area contributed by atoms with Gasteiger partial charge in [-0.3, -0.25) is 19.2 Å². The number of carbonyl (C=O) groups is 4. The quantitative estimate of drug-likeness (QED) is 0.306. The molecule has 0 saturated carbocycles. The van der Waals surface area contributed by atoms with Crippen molar-refractivity contribution in [3.63, 3.8) is 0 Å². The lowest BCUT2D eigenvalue weighted by atomic mass is 9.77. The van der Waals surface area contributed by atoms with Gasteiger partial charge in [0.1, 0.15) is 0 Å². The van der Waals surface area contributed by atoms with Gasteiger partial charge >= 0.3 is 23.9 Å². The number of hydrogen-bond donors (Lipinski definition) is 0. The maximum atomic E-state index is 11.9. The summed E-state index contributed by atoms with van der Waals surface area (Å²) in [6.07, 6.45) is 2.65. The van der Waals surface area contributed by atoms with Crippen LogP contribution >= 0.6 is 0 Å². The largest absolute Gasteiger partial charge is 0.468 e. The predicted octanol–water partition coefficient (Wildman–Crippen LogP) is 0.247. The Morgan fingerprint density at radius 2 is 1.70 bits per heavy atom. The molecule has 0 bridgehead atoms. The van der Waals surface area contributed by atoms with Crippen LogP contribution in [0, 0.1) is 16.7 Å². The Morgan fingerprint density at radius 1 is 1.17 bits per heavy atom. The molecule has 0 N–H and O–H groups in total. The lowest BCUT2D eigenvalue weighted by molar-refractivity contribution is -0.164. The van der Waals surface area contributed by atoms with Crippen molar-refractivity contribution in [1.29, 1.82) is 0 Å². The van der Waals surface area contributed by atoms with E-state index in [4.69, 9.17) is 4.74 Å². The van der Waals surface area contributed by atoms with E-state index in [1.54, 1.807) is 0 Å². The van der Waals surface area contributed by atoms with Crippen LogP contribution in [0.25, 0.3) is 0 Å². The van der Waals surface area contributed by atoms with Crippen molar-refractivity contribution in [3.8, 4) is 0 Å². The van der Waals surface area contributed by atoms with Gasteiger partial charge in [0.05, 0.1) is 27.9 Å². The van der Waals surface area contributed by atoms with Gasteiger partial charge < -0.3 is 18.9 Å². The van der Waals surface area contributed by atoms with Crippen molar-refractivity contribution in [3.05, 3.63) is 12.2 Å². The Kier molecular flexibility index (Phi) is 5.52. The first-order valence-electron chi connectivity index (χ1n) is 6.80. The van der Waals surface area contributed by atoms with E-state index in [0.717, 1.165) is 21.3 Å². The van der Waals surface area contributed by atoms with Gasteiger partial charge in [0.15, 0.2) is 10.8 Å². The Morgan fingerprint density at radius 3 is 2.13 bits per heavy atom. The van der Waals surface area contributed by atoms with Gasteiger partial charge in [-0.1, -0.05) is 12.2 Å². The first kappa shape index (κ1) is 18.7. The first-order chi connectivity index (χ1) is 10.7. The van der Waals surface area contributed by atoms with E-state index in [1.807, 2.05) is 0 Å². The van der Waals surface area contributed by atoms with Crippen LogP contribution in [-0.2, 0) is 38.1 Å². The number of ether oxygens (including phenoxy) is 4. The molecule has 128 valence electrons. The smallest absolute Gasteiger partial charge is 0.326 e. The Labute approximate surface area is 133 Å². The number of carbonyl (C=O) groups excluding carboxylic acids is 4. The molecule has 0 unspecified atom stereocenters. The zero-order chi connectivity index (χ0) is 17.8. The Balaban J connectivity index is 3.18. The van der Waals surface area contributed by atoms with E-state index in [1.165, 1.54) is 26.0 Å². The molecule has 1 saturated heterocycles. The molecule has 1 rings (SSSR count). The summed E-state index contributed by atoms with van der Waals surface area (Å²) in [6, 6.07) is 0. The van der Waals surface area contributed by atoms with Crippen LogP contribution in [0.5, 0.6) is 0 Å². The van der Waals surface area contributed by atoms with Gasteiger partial charge in [-0.05, 0) is 13.8 Å². The van der Waals surface area contributed by atoms with Gasteiger partial charge in [-0.15, -0.1) is 0 Å². The Bertz CT molecular complexity index is 534. The molecule has 0 aromatic carbocycles. The average molecular weight is 328 g/mol. The second-order valence-corrected chi connectivity index (χ2v) is 5.44. The fourth-order valence-electron chi connectivity index (χ4n) is 2.28. The maximum Gasteiger partial charge on any atom is 0.326 e. The highest BCUT2D eigenvalue weighted by atomic mass is 16.6. The zero-order valence-corrected chi connectivity index (χ0v) is 13.7. The third-order valence-corrected chi connectivity index (χ3v) is 4.05. The van der Waals surface area contributed by atoms with Crippen LogP contribution in [0.1, 0.15) is 13.8 Å². The summed E-state index contributed by atoms with van der Waals surface area (Å²) < 4.78 is 18.8. The van der Waals surface area contributed by atoms with E-state index in [-0.39, 0.29) is 6.61 Å². The minimum absolute atomic E-state index is 0.0701. The molecular formula is C15H20O8. The first-order valence-corrected chi connectivity index (χ1v) is 6.80. The van der Waals surface area contributed by atoms with Crippen molar-refractivity contribution in [2.75, 3.05) is 27.9 Å². The van der Waals surface area contributed by atoms with Crippen molar-refractivity contribution < 1.29 is 38.1 Å². The number of methoxy groups -OCH3 is 3. The van der Waals surface area contributed by atoms with Crippen molar-refractivity contribution in [1.82, 2.24) is 0 Å². The summed E-state index contributed by atoms with van der Waals surface area (Å²) in [5, 5.41) is 0. The molecule has 1 heterocycles. The highest BCUT2D eigenvalue weighted by Gasteiger charge is 2.55. The molecule has 0 radical (unpaired) electrons. The van der Waals surface area contributed by atoms with Crippen molar-refractivity contribution in [2.24, 2.45) is 16.7 Å². The fourth-order valence-corrected chi connectivity index (χ4v) is 2.28. The fraction of sp³-hybridized carbons (Fsp3) is 0.600. The third kappa shape index (κ3) is 3.06. The van der Waals surface area contributed by atoms with Gasteiger partial charge in [0.25, 0.3) is 0 Å². The molecule has 1 fully saturated rings. The minimum Gasteiger partial charge on any atom is -0.468 e. The summed E-state index contributed by atoms with van der Waals surface area (Å²) >= 11 is 0. The van der Waals surface area contributed by atoms with Crippen LogP contribution in [-0.4, -0.2) is 51.8 Å². The second-order valence-electron chi connectivity index (χ2n) is 5.44. The zero-order valence-electron chi connectivity index (χ0n) is 13.7. The van der Waals surface area contributed by atoms with Gasteiger partial charge in [0, 0.05) is 5.92 Å². The average Bonchev–Trinajstić information content (AvgIpc) is 2.86. The summed E-state index contributed by atoms with van der Waals surface area (Å²) in [5.41, 5.74) is -3.25. The third-order valence-electron chi connectivity index (χ3n) is 4.05. The second kappa shape index (κ2) is 6.80. The molecule has 0 aromatic heterocycles. The van der Waals surface area contributed by atoms with Crippen LogP contribution in [0.15, 0.2) is 12.2 Å². The maximum absolute atomic E-state index is 11.9. The summed E-state index contributed by atoms with van der Waals surface area (Å²) in [5.74, 6) is -3.84. The molecule has 23 heavy (non-hydrogen) atoms. The highest BCUT2D eigenvalue weighted by Crippen LogP contribution is 2.38.